The van der Waals surface area contributed by atoms with Crippen LogP contribution < -0.4 is 5.73 Å². The van der Waals surface area contributed by atoms with Crippen LogP contribution in [0.1, 0.15) is 0 Å². The van der Waals surface area contributed by atoms with Crippen LogP contribution in [0.25, 0.3) is 0 Å². The first-order valence-corrected chi connectivity index (χ1v) is 5.67. The van der Waals surface area contributed by atoms with Gasteiger partial charge in [0, 0.05) is 7.11 Å². The lowest BCUT2D eigenvalue weighted by molar-refractivity contribution is -0.219. The number of aliphatic hydroxyl groups is 2. The Morgan fingerprint density at radius 3 is 2.60 bits per heavy atom. The number of nitrogens with two attached hydrogens (primary N) is 1. The molecule has 0 bridgehead atoms. The summed E-state index contributed by atoms with van der Waals surface area (Å²) in [5, 5.41) is 18.7. The van der Waals surface area contributed by atoms with E-state index < -0.39 is 32.4 Å². The lowest BCUT2D eigenvalue weighted by Gasteiger charge is -2.35. The maximum atomic E-state index is 11.0. The van der Waals surface area contributed by atoms with Crippen molar-refractivity contribution in [2.75, 3.05) is 13.7 Å². The minimum absolute atomic E-state index is 0.0907. The first kappa shape index (κ1) is 13.0. The van der Waals surface area contributed by atoms with Gasteiger partial charge in [0.2, 0.25) is 0 Å². The Morgan fingerprint density at radius 2 is 2.07 bits per heavy atom. The number of aliphatic hydroxyl groups excluding tert-OH is 2. The summed E-state index contributed by atoms with van der Waals surface area (Å²) in [6.07, 6.45) is -4.21. The molecule has 90 valence electrons. The fraction of sp³-hybridized carbons (Fsp3) is 1.00. The Labute approximate surface area is 86.2 Å². The third kappa shape index (κ3) is 3.20. The van der Waals surface area contributed by atoms with Gasteiger partial charge in [-0.2, -0.15) is 0 Å². The van der Waals surface area contributed by atoms with Crippen molar-refractivity contribution in [3.05, 3.63) is 0 Å². The van der Waals surface area contributed by atoms with Gasteiger partial charge in [0.25, 0.3) is 0 Å². The van der Waals surface area contributed by atoms with E-state index in [0.717, 1.165) is 7.11 Å². The molecule has 5 atom stereocenters. The van der Waals surface area contributed by atoms with E-state index in [4.69, 9.17) is 15.4 Å². The van der Waals surface area contributed by atoms with Crippen LogP contribution in [-0.4, -0.2) is 53.4 Å². The molecule has 0 radical (unpaired) electrons. The van der Waals surface area contributed by atoms with Crippen molar-refractivity contribution in [3.8, 4) is 0 Å². The van der Waals surface area contributed by atoms with Gasteiger partial charge in [-0.25, -0.2) is 4.57 Å². The number of rotatable bonds is 3. The zero-order valence-corrected chi connectivity index (χ0v) is 8.91. The molecule has 0 amide bonds. The first-order valence-electron chi connectivity index (χ1n) is 4.17. The summed E-state index contributed by atoms with van der Waals surface area (Å²) in [6.45, 7) is -0.0907. The van der Waals surface area contributed by atoms with Crippen molar-refractivity contribution in [1.82, 2.24) is 0 Å². The van der Waals surface area contributed by atoms with Crippen molar-refractivity contribution in [2.24, 2.45) is 5.73 Å². The summed E-state index contributed by atoms with van der Waals surface area (Å²) in [5.74, 6) is 0. The lowest BCUT2D eigenvalue weighted by atomic mass is 10.0. The minimum atomic E-state index is -4.26. The molecule has 1 rings (SSSR count). The number of hydrogen-bond acceptors (Lipinski definition) is 7. The van der Waals surface area contributed by atoms with Crippen LogP contribution in [0.4, 0.5) is 0 Å². The smallest absolute Gasteiger partial charge is 0.388 e. The van der Waals surface area contributed by atoms with E-state index in [-0.39, 0.29) is 6.61 Å². The number of phosphoric acid groups is 1. The Bertz CT molecular complexity index is 262. The SMILES string of the molecule is COP(=O)(O)O[C@H]1OC[C@H](N)[C@H](O)C1O. The van der Waals surface area contributed by atoms with Gasteiger partial charge in [-0.05, 0) is 0 Å². The topological polar surface area (TPSA) is 131 Å². The fourth-order valence-corrected chi connectivity index (χ4v) is 1.62. The molecule has 9 heteroatoms. The third-order valence-electron chi connectivity index (χ3n) is 1.99. The summed E-state index contributed by atoms with van der Waals surface area (Å²) in [5.41, 5.74) is 5.37. The van der Waals surface area contributed by atoms with Gasteiger partial charge in [0.1, 0.15) is 12.2 Å². The summed E-state index contributed by atoms with van der Waals surface area (Å²) in [7, 11) is -3.29. The zero-order chi connectivity index (χ0) is 11.6. The van der Waals surface area contributed by atoms with Crippen LogP contribution in [0.3, 0.4) is 0 Å². The molecule has 5 N–H and O–H groups in total. The van der Waals surface area contributed by atoms with Gasteiger partial charge in [0.05, 0.1) is 12.6 Å². The predicted octanol–water partition coefficient (Wildman–Crippen LogP) is -1.84. The second-order valence-electron chi connectivity index (χ2n) is 3.10. The molecule has 2 unspecified atom stereocenters. The maximum absolute atomic E-state index is 11.0. The van der Waals surface area contributed by atoms with Crippen LogP contribution in [0.15, 0.2) is 0 Å². The van der Waals surface area contributed by atoms with E-state index in [1.807, 2.05) is 0 Å². The van der Waals surface area contributed by atoms with Gasteiger partial charge < -0.3 is 25.6 Å². The number of hydrogen-bond donors (Lipinski definition) is 4. The Balaban J connectivity index is 2.61. The average molecular weight is 243 g/mol. The molecule has 0 aromatic heterocycles. The molecular formula is C6H14NO7P. The lowest BCUT2D eigenvalue weighted by Crippen LogP contribution is -2.56. The molecule has 1 aliphatic rings. The summed E-state index contributed by atoms with van der Waals surface area (Å²) in [4.78, 5) is 8.95. The highest BCUT2D eigenvalue weighted by atomic mass is 31.2. The van der Waals surface area contributed by atoms with Crippen LogP contribution in [0, 0.1) is 0 Å². The highest BCUT2D eigenvalue weighted by Crippen LogP contribution is 2.44. The largest absolute Gasteiger partial charge is 0.474 e. The van der Waals surface area contributed by atoms with Gasteiger partial charge >= 0.3 is 7.82 Å². The van der Waals surface area contributed by atoms with Crippen molar-refractivity contribution in [3.63, 3.8) is 0 Å². The van der Waals surface area contributed by atoms with E-state index in [9.17, 15) is 14.8 Å². The number of ether oxygens (including phenoxy) is 1. The molecule has 0 spiro atoms. The predicted molar refractivity (Wildman–Crippen MR) is 47.6 cm³/mol. The van der Waals surface area contributed by atoms with Crippen molar-refractivity contribution >= 4 is 7.82 Å². The fourth-order valence-electron chi connectivity index (χ4n) is 1.08. The Hall–Kier alpha value is -0.0500. The van der Waals surface area contributed by atoms with Gasteiger partial charge in [0.15, 0.2) is 6.29 Å². The molecule has 1 saturated heterocycles. The van der Waals surface area contributed by atoms with E-state index in [2.05, 4.69) is 9.05 Å². The van der Waals surface area contributed by atoms with E-state index in [1.54, 1.807) is 0 Å². The van der Waals surface area contributed by atoms with Crippen LogP contribution in [0.2, 0.25) is 0 Å². The summed E-state index contributed by atoms with van der Waals surface area (Å²) < 4.78 is 24.4. The Morgan fingerprint density at radius 1 is 1.47 bits per heavy atom. The molecule has 0 aromatic rings. The van der Waals surface area contributed by atoms with Crippen LogP contribution in [-0.2, 0) is 18.3 Å². The average Bonchev–Trinajstić information content (AvgIpc) is 2.19. The highest BCUT2D eigenvalue weighted by molar-refractivity contribution is 7.47. The third-order valence-corrected chi connectivity index (χ3v) is 2.92. The molecule has 0 aromatic carbocycles. The maximum Gasteiger partial charge on any atom is 0.474 e. The monoisotopic (exact) mass is 243 g/mol. The van der Waals surface area contributed by atoms with Crippen molar-refractivity contribution < 1.29 is 33.5 Å². The number of phosphoric ester groups is 1. The summed E-state index contributed by atoms with van der Waals surface area (Å²) >= 11 is 0. The second kappa shape index (κ2) is 4.86. The van der Waals surface area contributed by atoms with E-state index in [0.29, 0.717) is 0 Å². The van der Waals surface area contributed by atoms with E-state index >= 15 is 0 Å². The molecule has 1 fully saturated rings. The van der Waals surface area contributed by atoms with Crippen LogP contribution in [0.5, 0.6) is 0 Å². The normalized spacial score (nSPS) is 41.1. The molecule has 1 aliphatic heterocycles. The molecule has 0 saturated carbocycles. The van der Waals surface area contributed by atoms with Crippen molar-refractivity contribution in [2.45, 2.75) is 24.5 Å². The summed E-state index contributed by atoms with van der Waals surface area (Å²) in [6, 6.07) is -0.763. The van der Waals surface area contributed by atoms with Crippen LogP contribution >= 0.6 is 7.82 Å². The molecule has 0 aliphatic carbocycles. The van der Waals surface area contributed by atoms with Crippen molar-refractivity contribution in [1.29, 1.82) is 0 Å². The van der Waals surface area contributed by atoms with Gasteiger partial charge in [-0.15, -0.1) is 0 Å². The second-order valence-corrected chi connectivity index (χ2v) is 4.62. The minimum Gasteiger partial charge on any atom is -0.388 e. The van der Waals surface area contributed by atoms with E-state index in [1.165, 1.54) is 0 Å². The van der Waals surface area contributed by atoms with Gasteiger partial charge in [-0.1, -0.05) is 0 Å². The van der Waals surface area contributed by atoms with Gasteiger partial charge in [-0.3, -0.25) is 9.05 Å². The quantitative estimate of drug-likeness (QED) is 0.425. The molecule has 8 nitrogen and oxygen atoms in total. The molecular weight excluding hydrogens is 229 g/mol. The first-order chi connectivity index (χ1) is 6.87. The standard InChI is InChI=1S/C6H14NO7P/c1-12-15(10,11)14-6-5(9)4(8)3(7)2-13-6/h3-6,8-9H,2,7H2,1H3,(H,10,11)/t3-,4-,5?,6+/m0/s1. The Kier molecular flexibility index (Phi) is 4.21. The zero-order valence-electron chi connectivity index (χ0n) is 8.02. The molecule has 1 heterocycles. The molecule has 15 heavy (non-hydrogen) atoms. The highest BCUT2D eigenvalue weighted by Gasteiger charge is 2.41.